The van der Waals surface area contributed by atoms with E-state index < -0.39 is 0 Å². The number of hydrogen-bond donors (Lipinski definition) is 1. The molecule has 0 atom stereocenters. The molecule has 20 heavy (non-hydrogen) atoms. The van der Waals surface area contributed by atoms with Gasteiger partial charge in [0.1, 0.15) is 11.5 Å². The number of aromatic nitrogens is 1. The Labute approximate surface area is 117 Å². The highest BCUT2D eigenvalue weighted by Crippen LogP contribution is 2.27. The molecule has 0 radical (unpaired) electrons. The molecule has 2 aromatic carbocycles. The van der Waals surface area contributed by atoms with Crippen LogP contribution >= 0.6 is 0 Å². The lowest BCUT2D eigenvalue weighted by Crippen LogP contribution is -1.88. The van der Waals surface area contributed by atoms with Crippen molar-refractivity contribution in [1.29, 1.82) is 0 Å². The summed E-state index contributed by atoms with van der Waals surface area (Å²) in [4.78, 5) is 0. The zero-order valence-corrected chi connectivity index (χ0v) is 11.2. The largest absolute Gasteiger partial charge is 0.391 e. The lowest BCUT2D eigenvalue weighted by Gasteiger charge is -2.03. The molecule has 0 unspecified atom stereocenters. The summed E-state index contributed by atoms with van der Waals surface area (Å²) in [5, 5.41) is 13.4. The quantitative estimate of drug-likeness (QED) is 0.783. The normalized spacial score (nSPS) is 10.7. The maximum absolute atomic E-state index is 9.38. The lowest BCUT2D eigenvalue weighted by molar-refractivity contribution is 0.278. The Morgan fingerprint density at radius 3 is 2.15 bits per heavy atom. The van der Waals surface area contributed by atoms with Gasteiger partial charge in [0, 0.05) is 11.1 Å². The van der Waals surface area contributed by atoms with Crippen LogP contribution in [0, 0.1) is 6.92 Å². The van der Waals surface area contributed by atoms with Crippen LogP contribution in [0.2, 0.25) is 0 Å². The minimum atomic E-state index is -0.0644. The summed E-state index contributed by atoms with van der Waals surface area (Å²) < 4.78 is 5.15. The molecule has 0 aliphatic carbocycles. The molecule has 0 saturated carbocycles. The molecule has 1 heterocycles. The van der Waals surface area contributed by atoms with E-state index in [-0.39, 0.29) is 6.61 Å². The van der Waals surface area contributed by atoms with Crippen LogP contribution < -0.4 is 0 Å². The fourth-order valence-corrected chi connectivity index (χ4v) is 2.26. The van der Waals surface area contributed by atoms with Crippen molar-refractivity contribution in [1.82, 2.24) is 5.16 Å². The highest BCUT2D eigenvalue weighted by Gasteiger charge is 2.13. The number of nitrogens with zero attached hydrogens (tertiary/aromatic N) is 1. The van der Waals surface area contributed by atoms with Gasteiger partial charge in [-0.3, -0.25) is 0 Å². The molecular weight excluding hydrogens is 250 g/mol. The molecule has 100 valence electrons. The summed E-state index contributed by atoms with van der Waals surface area (Å²) in [6.07, 6.45) is 0. The average molecular weight is 265 g/mol. The first-order chi connectivity index (χ1) is 9.79. The molecule has 0 aliphatic rings. The van der Waals surface area contributed by atoms with Crippen molar-refractivity contribution in [2.75, 3.05) is 0 Å². The predicted molar refractivity (Wildman–Crippen MR) is 78.0 cm³/mol. The van der Waals surface area contributed by atoms with Gasteiger partial charge in [-0.1, -0.05) is 59.8 Å². The minimum absolute atomic E-state index is 0.0644. The van der Waals surface area contributed by atoms with Crippen molar-refractivity contribution in [3.05, 3.63) is 65.9 Å². The Kier molecular flexibility index (Phi) is 3.35. The Balaban J connectivity index is 1.97. The van der Waals surface area contributed by atoms with E-state index in [1.807, 2.05) is 30.3 Å². The van der Waals surface area contributed by atoms with E-state index in [2.05, 4.69) is 29.4 Å². The zero-order valence-electron chi connectivity index (χ0n) is 11.2. The molecule has 3 heteroatoms. The third-order valence-electron chi connectivity index (χ3n) is 3.41. The van der Waals surface area contributed by atoms with Crippen molar-refractivity contribution >= 4 is 0 Å². The van der Waals surface area contributed by atoms with E-state index in [9.17, 15) is 5.11 Å². The first-order valence-corrected chi connectivity index (χ1v) is 6.51. The second kappa shape index (κ2) is 5.31. The van der Waals surface area contributed by atoms with Gasteiger partial charge in [0.15, 0.2) is 0 Å². The highest BCUT2D eigenvalue weighted by atomic mass is 16.5. The molecular formula is C17H15NO2. The molecule has 0 aliphatic heterocycles. The van der Waals surface area contributed by atoms with Crippen molar-refractivity contribution in [3.63, 3.8) is 0 Å². The van der Waals surface area contributed by atoms with Crippen molar-refractivity contribution in [2.45, 2.75) is 13.5 Å². The van der Waals surface area contributed by atoms with Crippen LogP contribution in [0.5, 0.6) is 0 Å². The van der Waals surface area contributed by atoms with E-state index in [1.54, 1.807) is 6.92 Å². The Hall–Kier alpha value is -2.39. The van der Waals surface area contributed by atoms with Crippen LogP contribution in [0.3, 0.4) is 0 Å². The molecule has 0 saturated heterocycles. The van der Waals surface area contributed by atoms with Crippen molar-refractivity contribution < 1.29 is 9.63 Å². The average Bonchev–Trinajstić information content (AvgIpc) is 2.89. The molecule has 3 rings (SSSR count). The van der Waals surface area contributed by atoms with Gasteiger partial charge in [0.25, 0.3) is 0 Å². The van der Waals surface area contributed by atoms with Crippen molar-refractivity contribution in [3.8, 4) is 22.4 Å². The maximum Gasteiger partial charge on any atom is 0.139 e. The first kappa shape index (κ1) is 12.6. The predicted octanol–water partition coefficient (Wildman–Crippen LogP) is 3.81. The number of aliphatic hydroxyl groups is 1. The Morgan fingerprint density at radius 2 is 1.50 bits per heavy atom. The van der Waals surface area contributed by atoms with Crippen LogP contribution in [0.1, 0.15) is 11.3 Å². The third-order valence-corrected chi connectivity index (χ3v) is 3.41. The molecule has 1 N–H and O–H groups in total. The second-order valence-electron chi connectivity index (χ2n) is 4.67. The minimum Gasteiger partial charge on any atom is -0.391 e. The van der Waals surface area contributed by atoms with Gasteiger partial charge in [-0.25, -0.2) is 0 Å². The topological polar surface area (TPSA) is 46.3 Å². The van der Waals surface area contributed by atoms with Gasteiger partial charge >= 0.3 is 0 Å². The van der Waals surface area contributed by atoms with Gasteiger partial charge < -0.3 is 9.63 Å². The zero-order chi connectivity index (χ0) is 13.9. The fourth-order valence-electron chi connectivity index (χ4n) is 2.26. The van der Waals surface area contributed by atoms with Gasteiger partial charge in [-0.2, -0.15) is 0 Å². The maximum atomic E-state index is 9.38. The van der Waals surface area contributed by atoms with Gasteiger partial charge in [-0.05, 0) is 18.1 Å². The SMILES string of the molecule is Cc1onc(-c2ccc(-c3ccccc3)cc2)c1CO. The smallest absolute Gasteiger partial charge is 0.139 e. The van der Waals surface area contributed by atoms with E-state index in [0.717, 1.165) is 16.7 Å². The molecule has 0 spiro atoms. The summed E-state index contributed by atoms with van der Waals surface area (Å²) in [5.74, 6) is 0.662. The number of benzene rings is 2. The highest BCUT2D eigenvalue weighted by molar-refractivity contribution is 5.70. The molecule has 1 aromatic heterocycles. The van der Waals surface area contributed by atoms with E-state index >= 15 is 0 Å². The first-order valence-electron chi connectivity index (χ1n) is 6.51. The van der Waals surface area contributed by atoms with Crippen LogP contribution in [0.25, 0.3) is 22.4 Å². The number of aryl methyl sites for hydroxylation is 1. The molecule has 0 fully saturated rings. The standard InChI is InChI=1S/C17H15NO2/c1-12-16(11-19)17(18-20-12)15-9-7-14(8-10-15)13-5-3-2-4-6-13/h2-10,19H,11H2,1H3. The molecule has 0 bridgehead atoms. The lowest BCUT2D eigenvalue weighted by atomic mass is 10.0. The fraction of sp³-hybridized carbons (Fsp3) is 0.118. The van der Waals surface area contributed by atoms with E-state index in [0.29, 0.717) is 11.5 Å². The van der Waals surface area contributed by atoms with Gasteiger partial charge in [-0.15, -0.1) is 0 Å². The Bertz CT molecular complexity index is 700. The summed E-state index contributed by atoms with van der Waals surface area (Å²) in [5.41, 5.74) is 4.74. The third kappa shape index (κ3) is 2.24. The summed E-state index contributed by atoms with van der Waals surface area (Å²) in [6.45, 7) is 1.74. The van der Waals surface area contributed by atoms with Crippen LogP contribution in [-0.4, -0.2) is 10.3 Å². The van der Waals surface area contributed by atoms with E-state index in [4.69, 9.17) is 4.52 Å². The second-order valence-corrected chi connectivity index (χ2v) is 4.67. The van der Waals surface area contributed by atoms with Gasteiger partial charge in [0.05, 0.1) is 6.61 Å². The monoisotopic (exact) mass is 265 g/mol. The summed E-state index contributed by atoms with van der Waals surface area (Å²) in [7, 11) is 0. The number of hydrogen-bond acceptors (Lipinski definition) is 3. The molecule has 0 amide bonds. The number of aliphatic hydroxyl groups excluding tert-OH is 1. The van der Waals surface area contributed by atoms with Crippen LogP contribution in [0.15, 0.2) is 59.1 Å². The Morgan fingerprint density at radius 1 is 0.900 bits per heavy atom. The summed E-state index contributed by atoms with van der Waals surface area (Å²) >= 11 is 0. The molecule has 3 nitrogen and oxygen atoms in total. The molecule has 3 aromatic rings. The summed E-state index contributed by atoms with van der Waals surface area (Å²) in [6, 6.07) is 18.3. The van der Waals surface area contributed by atoms with Crippen LogP contribution in [0.4, 0.5) is 0 Å². The number of rotatable bonds is 3. The van der Waals surface area contributed by atoms with Crippen molar-refractivity contribution in [2.24, 2.45) is 0 Å². The van der Waals surface area contributed by atoms with Gasteiger partial charge in [0.2, 0.25) is 0 Å². The van der Waals surface area contributed by atoms with Crippen LogP contribution in [-0.2, 0) is 6.61 Å². The van der Waals surface area contributed by atoms with E-state index in [1.165, 1.54) is 5.56 Å².